The van der Waals surface area contributed by atoms with Crippen molar-refractivity contribution in [2.75, 3.05) is 13.2 Å². The first-order chi connectivity index (χ1) is 13.0. The maximum absolute atomic E-state index is 14.1. The van der Waals surface area contributed by atoms with Gasteiger partial charge in [-0.05, 0) is 47.1 Å². The van der Waals surface area contributed by atoms with Gasteiger partial charge in [0.05, 0.1) is 12.3 Å². The molecular formula is C17H15BrF4N2O4. The zero-order valence-electron chi connectivity index (χ0n) is 14.4. The molecule has 0 spiro atoms. The summed E-state index contributed by atoms with van der Waals surface area (Å²) in [5.74, 6) is -2.87. The van der Waals surface area contributed by atoms with Gasteiger partial charge in [0.1, 0.15) is 17.1 Å². The number of alkyl halides is 3. The summed E-state index contributed by atoms with van der Waals surface area (Å²) in [6, 6.07) is 3.70. The van der Waals surface area contributed by atoms with Crippen molar-refractivity contribution < 1.29 is 37.3 Å². The number of rotatable bonds is 6. The maximum atomic E-state index is 14.1. The van der Waals surface area contributed by atoms with Crippen molar-refractivity contribution in [3.63, 3.8) is 0 Å². The van der Waals surface area contributed by atoms with Gasteiger partial charge in [0.15, 0.2) is 0 Å². The van der Waals surface area contributed by atoms with Crippen molar-refractivity contribution in [2.45, 2.75) is 19.8 Å². The molecule has 2 rings (SSSR count). The van der Waals surface area contributed by atoms with E-state index in [2.05, 4.69) is 25.7 Å². The fourth-order valence-electron chi connectivity index (χ4n) is 2.34. The van der Waals surface area contributed by atoms with Crippen LogP contribution in [0.2, 0.25) is 0 Å². The Bertz CT molecular complexity index is 877. The number of aliphatic hydroxyl groups excluding tert-OH is 1. The second kappa shape index (κ2) is 8.74. The first-order valence-electron chi connectivity index (χ1n) is 7.82. The summed E-state index contributed by atoms with van der Waals surface area (Å²) in [6.07, 6.45) is -4.96. The predicted molar refractivity (Wildman–Crippen MR) is 93.2 cm³/mol. The standard InChI is InChI=1S/C17H15BrF4N2O4/c1-9-13(18)7-12(15(26)23-9)16(27)24(4-5-25)8-10-6-11(2-3-14(10)19)28-17(20,21)22/h2-3,6-7,25H,4-5,8H2,1H3,(H,23,26). The molecule has 0 saturated heterocycles. The summed E-state index contributed by atoms with van der Waals surface area (Å²) in [7, 11) is 0. The van der Waals surface area contributed by atoms with E-state index in [1.54, 1.807) is 6.92 Å². The van der Waals surface area contributed by atoms with E-state index >= 15 is 0 Å². The molecular weight excluding hydrogens is 452 g/mol. The van der Waals surface area contributed by atoms with E-state index in [4.69, 9.17) is 0 Å². The number of pyridine rings is 1. The number of carbonyl (C=O) groups is 1. The molecule has 0 saturated carbocycles. The third-order valence-electron chi connectivity index (χ3n) is 3.63. The Morgan fingerprint density at radius 2 is 2.00 bits per heavy atom. The smallest absolute Gasteiger partial charge is 0.493 e. The number of halogens is 5. The highest BCUT2D eigenvalue weighted by molar-refractivity contribution is 9.10. The molecule has 0 aliphatic carbocycles. The monoisotopic (exact) mass is 466 g/mol. The second-order valence-corrected chi connectivity index (χ2v) is 6.53. The first-order valence-corrected chi connectivity index (χ1v) is 8.61. The summed E-state index contributed by atoms with van der Waals surface area (Å²) in [4.78, 5) is 17.5. The van der Waals surface area contributed by atoms with Crippen molar-refractivity contribution in [1.29, 1.82) is 0 Å². The van der Waals surface area contributed by atoms with Crippen LogP contribution in [0.5, 0.6) is 11.6 Å². The van der Waals surface area contributed by atoms with Crippen molar-refractivity contribution >= 4 is 21.8 Å². The summed E-state index contributed by atoms with van der Waals surface area (Å²) in [6.45, 7) is 0.372. The Morgan fingerprint density at radius 3 is 2.61 bits per heavy atom. The van der Waals surface area contributed by atoms with E-state index in [0.717, 1.165) is 23.1 Å². The Hall–Kier alpha value is -2.40. The fourth-order valence-corrected chi connectivity index (χ4v) is 2.66. The summed E-state index contributed by atoms with van der Waals surface area (Å²) in [5.41, 5.74) is -0.0537. The van der Waals surface area contributed by atoms with Gasteiger partial charge < -0.3 is 19.8 Å². The number of carbonyl (C=O) groups excluding carboxylic acids is 1. The molecule has 0 aliphatic heterocycles. The highest BCUT2D eigenvalue weighted by atomic mass is 79.9. The van der Waals surface area contributed by atoms with Crippen molar-refractivity contribution in [3.05, 3.63) is 51.4 Å². The van der Waals surface area contributed by atoms with Crippen LogP contribution in [0.25, 0.3) is 0 Å². The van der Waals surface area contributed by atoms with Gasteiger partial charge in [-0.3, -0.25) is 4.79 Å². The van der Waals surface area contributed by atoms with Gasteiger partial charge in [0.25, 0.3) is 5.91 Å². The molecule has 6 nitrogen and oxygen atoms in total. The quantitative estimate of drug-likeness (QED) is 0.636. The molecule has 152 valence electrons. The largest absolute Gasteiger partial charge is 0.573 e. The SMILES string of the molecule is Cc1nc(O)c(C(=O)N(CCO)Cc2cc(OC(F)(F)F)ccc2F)cc1Br. The number of hydrogen-bond acceptors (Lipinski definition) is 5. The van der Waals surface area contributed by atoms with Crippen LogP contribution in [0, 0.1) is 12.7 Å². The zero-order chi connectivity index (χ0) is 21.1. The number of aliphatic hydroxyl groups is 1. The third kappa shape index (κ3) is 5.55. The van der Waals surface area contributed by atoms with Crippen molar-refractivity contribution in [3.8, 4) is 11.6 Å². The van der Waals surface area contributed by atoms with E-state index in [1.807, 2.05) is 0 Å². The van der Waals surface area contributed by atoms with Gasteiger partial charge in [-0.25, -0.2) is 9.37 Å². The molecule has 1 amide bonds. The van der Waals surface area contributed by atoms with E-state index in [-0.39, 0.29) is 17.7 Å². The maximum Gasteiger partial charge on any atom is 0.573 e. The van der Waals surface area contributed by atoms with Gasteiger partial charge in [-0.15, -0.1) is 13.2 Å². The number of aromatic nitrogens is 1. The first kappa shape index (κ1) is 21.9. The molecule has 1 aromatic heterocycles. The van der Waals surface area contributed by atoms with Crippen molar-refractivity contribution in [1.82, 2.24) is 9.88 Å². The lowest BCUT2D eigenvalue weighted by Crippen LogP contribution is -2.33. The minimum Gasteiger partial charge on any atom is -0.493 e. The van der Waals surface area contributed by atoms with Gasteiger partial charge in [-0.1, -0.05) is 0 Å². The second-order valence-electron chi connectivity index (χ2n) is 5.68. The van der Waals surface area contributed by atoms with Crippen LogP contribution in [-0.4, -0.2) is 45.5 Å². The number of benzene rings is 1. The summed E-state index contributed by atoms with van der Waals surface area (Å²) >= 11 is 3.18. The normalized spacial score (nSPS) is 11.4. The molecule has 1 heterocycles. The Balaban J connectivity index is 2.34. The average Bonchev–Trinajstić information content (AvgIpc) is 2.58. The highest BCUT2D eigenvalue weighted by Crippen LogP contribution is 2.27. The molecule has 0 aliphatic rings. The minimum atomic E-state index is -4.96. The molecule has 28 heavy (non-hydrogen) atoms. The number of aromatic hydroxyl groups is 1. The van der Waals surface area contributed by atoms with Crippen LogP contribution in [0.4, 0.5) is 17.6 Å². The molecule has 2 aromatic rings. The molecule has 1 aromatic carbocycles. The van der Waals surface area contributed by atoms with Gasteiger partial charge >= 0.3 is 6.36 Å². The number of aryl methyl sites for hydroxylation is 1. The van der Waals surface area contributed by atoms with Gasteiger partial charge in [-0.2, -0.15) is 0 Å². The van der Waals surface area contributed by atoms with Crippen LogP contribution in [0.3, 0.4) is 0 Å². The Labute approximate surface area is 165 Å². The van der Waals surface area contributed by atoms with Crippen LogP contribution in [-0.2, 0) is 6.54 Å². The van der Waals surface area contributed by atoms with E-state index in [1.165, 1.54) is 6.07 Å². The average molecular weight is 467 g/mol. The fraction of sp³-hybridized carbons (Fsp3) is 0.294. The topological polar surface area (TPSA) is 82.9 Å². The molecule has 2 N–H and O–H groups in total. The number of hydrogen-bond donors (Lipinski definition) is 2. The van der Waals surface area contributed by atoms with Crippen LogP contribution in [0.15, 0.2) is 28.7 Å². The lowest BCUT2D eigenvalue weighted by Gasteiger charge is -2.23. The Kier molecular flexibility index (Phi) is 6.83. The highest BCUT2D eigenvalue weighted by Gasteiger charge is 2.31. The van der Waals surface area contributed by atoms with Crippen molar-refractivity contribution in [2.24, 2.45) is 0 Å². The van der Waals surface area contributed by atoms with Crippen LogP contribution >= 0.6 is 15.9 Å². The van der Waals surface area contributed by atoms with Crippen LogP contribution in [0.1, 0.15) is 21.6 Å². The zero-order valence-corrected chi connectivity index (χ0v) is 16.0. The summed E-state index contributed by atoms with van der Waals surface area (Å²) in [5, 5.41) is 19.1. The Morgan fingerprint density at radius 1 is 1.32 bits per heavy atom. The third-order valence-corrected chi connectivity index (χ3v) is 4.43. The number of ether oxygens (including phenoxy) is 1. The molecule has 11 heteroatoms. The molecule has 0 atom stereocenters. The number of amides is 1. The lowest BCUT2D eigenvalue weighted by atomic mass is 10.1. The van der Waals surface area contributed by atoms with E-state index < -0.39 is 42.9 Å². The number of nitrogens with zero attached hydrogens (tertiary/aromatic N) is 2. The molecule has 0 fully saturated rings. The summed E-state index contributed by atoms with van der Waals surface area (Å²) < 4.78 is 55.4. The van der Waals surface area contributed by atoms with Crippen LogP contribution < -0.4 is 4.74 Å². The predicted octanol–water partition coefficient (Wildman–Crippen LogP) is 3.53. The van der Waals surface area contributed by atoms with E-state index in [0.29, 0.717) is 10.2 Å². The van der Waals surface area contributed by atoms with Gasteiger partial charge in [0, 0.05) is 23.1 Å². The molecule has 0 bridgehead atoms. The van der Waals surface area contributed by atoms with E-state index in [9.17, 15) is 32.6 Å². The molecule has 0 unspecified atom stereocenters. The molecule has 0 radical (unpaired) electrons. The van der Waals surface area contributed by atoms with Gasteiger partial charge in [0.2, 0.25) is 5.88 Å². The lowest BCUT2D eigenvalue weighted by molar-refractivity contribution is -0.274. The minimum absolute atomic E-state index is 0.214.